The Kier molecular flexibility index (Phi) is 9.41. The van der Waals surface area contributed by atoms with Gasteiger partial charge in [-0.15, -0.1) is 0 Å². The van der Waals surface area contributed by atoms with Crippen molar-refractivity contribution in [1.29, 1.82) is 0 Å². The molecule has 2 rings (SSSR count). The number of rotatable bonds is 6. The van der Waals surface area contributed by atoms with Gasteiger partial charge in [-0.3, -0.25) is 14.7 Å². The fourth-order valence-corrected chi connectivity index (χ4v) is 3.29. The van der Waals surface area contributed by atoms with E-state index in [1.54, 1.807) is 0 Å². The Balaban J connectivity index is 0.00000127. The molecule has 0 bridgehead atoms. The van der Waals surface area contributed by atoms with Crippen LogP contribution in [0, 0.1) is 0 Å². The van der Waals surface area contributed by atoms with Crippen molar-refractivity contribution in [2.24, 2.45) is 0 Å². The third kappa shape index (κ3) is 5.88. The van der Waals surface area contributed by atoms with Gasteiger partial charge in [0.25, 0.3) is 0 Å². The SMILES string of the molecule is C=CC1=C(C=C)CN(C)C(CN2CCN(CCO)CC2)C1.CC. The molecular weight excluding hydrogens is 286 g/mol. The number of hydrogen-bond donors (Lipinski definition) is 1. The zero-order valence-electron chi connectivity index (χ0n) is 15.3. The number of β-amino-alcohol motifs (C(OH)–C–C–N with tert-alkyl or cyclic N) is 1. The molecule has 0 aliphatic carbocycles. The molecule has 0 aromatic rings. The molecule has 1 N–H and O–H groups in total. The number of nitrogens with zero attached hydrogens (tertiary/aromatic N) is 3. The van der Waals surface area contributed by atoms with E-state index < -0.39 is 0 Å². The second kappa shape index (κ2) is 10.8. The maximum atomic E-state index is 9.00. The average Bonchev–Trinajstić information content (AvgIpc) is 2.60. The molecule has 1 saturated heterocycles. The highest BCUT2D eigenvalue weighted by Crippen LogP contribution is 2.24. The van der Waals surface area contributed by atoms with E-state index in [0.29, 0.717) is 6.04 Å². The van der Waals surface area contributed by atoms with Crippen molar-refractivity contribution < 1.29 is 5.11 Å². The first-order valence-corrected chi connectivity index (χ1v) is 8.90. The van der Waals surface area contributed by atoms with Crippen molar-refractivity contribution in [2.75, 3.05) is 59.5 Å². The Bertz CT molecular complexity index is 397. The van der Waals surface area contributed by atoms with Gasteiger partial charge >= 0.3 is 0 Å². The lowest BCUT2D eigenvalue weighted by atomic mass is 9.94. The van der Waals surface area contributed by atoms with Crippen LogP contribution in [-0.2, 0) is 0 Å². The summed E-state index contributed by atoms with van der Waals surface area (Å²) in [5.41, 5.74) is 2.67. The highest BCUT2D eigenvalue weighted by atomic mass is 16.3. The van der Waals surface area contributed by atoms with Crippen LogP contribution in [0.3, 0.4) is 0 Å². The first kappa shape index (κ1) is 20.1. The smallest absolute Gasteiger partial charge is 0.0558 e. The largest absolute Gasteiger partial charge is 0.395 e. The second-order valence-electron chi connectivity index (χ2n) is 6.10. The molecule has 0 aromatic heterocycles. The monoisotopic (exact) mass is 321 g/mol. The van der Waals surface area contributed by atoms with Gasteiger partial charge in [0.2, 0.25) is 0 Å². The van der Waals surface area contributed by atoms with Crippen LogP contribution < -0.4 is 0 Å². The van der Waals surface area contributed by atoms with Crippen molar-refractivity contribution in [3.63, 3.8) is 0 Å². The zero-order chi connectivity index (χ0) is 17.2. The van der Waals surface area contributed by atoms with E-state index in [-0.39, 0.29) is 6.61 Å². The van der Waals surface area contributed by atoms with Crippen molar-refractivity contribution in [3.8, 4) is 0 Å². The lowest BCUT2D eigenvalue weighted by Gasteiger charge is -2.40. The molecule has 1 fully saturated rings. The molecule has 2 heterocycles. The third-order valence-electron chi connectivity index (χ3n) is 4.75. The fourth-order valence-electron chi connectivity index (χ4n) is 3.29. The number of allylic oxidation sites excluding steroid dienone is 1. The molecule has 23 heavy (non-hydrogen) atoms. The third-order valence-corrected chi connectivity index (χ3v) is 4.75. The number of aliphatic hydroxyl groups excluding tert-OH is 1. The predicted molar refractivity (Wildman–Crippen MR) is 99.8 cm³/mol. The highest BCUT2D eigenvalue weighted by molar-refractivity contribution is 5.35. The van der Waals surface area contributed by atoms with E-state index >= 15 is 0 Å². The molecule has 0 radical (unpaired) electrons. The van der Waals surface area contributed by atoms with Gasteiger partial charge < -0.3 is 5.11 Å². The second-order valence-corrected chi connectivity index (χ2v) is 6.10. The van der Waals surface area contributed by atoms with Gasteiger partial charge in [0.1, 0.15) is 0 Å². The van der Waals surface area contributed by atoms with Gasteiger partial charge in [0.15, 0.2) is 0 Å². The first-order valence-electron chi connectivity index (χ1n) is 8.90. The number of likely N-dealkylation sites (N-methyl/N-ethyl adjacent to an activating group) is 1. The van der Waals surface area contributed by atoms with Crippen LogP contribution >= 0.6 is 0 Å². The van der Waals surface area contributed by atoms with E-state index in [1.165, 1.54) is 11.1 Å². The molecule has 2 aliphatic heterocycles. The van der Waals surface area contributed by atoms with Crippen LogP contribution in [0.4, 0.5) is 0 Å². The lowest BCUT2D eigenvalue weighted by Crippen LogP contribution is -2.52. The molecule has 1 unspecified atom stereocenters. The summed E-state index contributed by atoms with van der Waals surface area (Å²) in [6.07, 6.45) is 5.03. The summed E-state index contributed by atoms with van der Waals surface area (Å²) < 4.78 is 0. The standard InChI is InChI=1S/C17H29N3O.C2H6/c1-4-15-12-17(18(3)13-16(15)5-2)14-20-8-6-19(7-9-20)10-11-21;1-2/h4-5,17,21H,1-2,6-14H2,3H3;1-2H3. The quantitative estimate of drug-likeness (QED) is 0.810. The Morgan fingerprint density at radius 3 is 2.13 bits per heavy atom. The molecule has 0 amide bonds. The predicted octanol–water partition coefficient (Wildman–Crippen LogP) is 2.00. The van der Waals surface area contributed by atoms with Crippen molar-refractivity contribution >= 4 is 0 Å². The van der Waals surface area contributed by atoms with E-state index in [9.17, 15) is 0 Å². The van der Waals surface area contributed by atoms with Crippen LogP contribution in [0.15, 0.2) is 36.5 Å². The summed E-state index contributed by atoms with van der Waals surface area (Å²) in [5.74, 6) is 0. The first-order chi connectivity index (χ1) is 11.2. The molecule has 4 heteroatoms. The summed E-state index contributed by atoms with van der Waals surface area (Å²) in [5, 5.41) is 9.00. The summed E-state index contributed by atoms with van der Waals surface area (Å²) in [6.45, 7) is 19.4. The van der Waals surface area contributed by atoms with Crippen LogP contribution in [0.2, 0.25) is 0 Å². The van der Waals surface area contributed by atoms with Gasteiger partial charge in [0.05, 0.1) is 6.61 Å². The molecular formula is C19H35N3O. The summed E-state index contributed by atoms with van der Waals surface area (Å²) in [7, 11) is 2.20. The van der Waals surface area contributed by atoms with Crippen LogP contribution in [-0.4, -0.2) is 85.3 Å². The highest BCUT2D eigenvalue weighted by Gasteiger charge is 2.26. The van der Waals surface area contributed by atoms with Crippen molar-refractivity contribution in [2.45, 2.75) is 26.3 Å². The lowest BCUT2D eigenvalue weighted by molar-refractivity contribution is 0.0879. The molecule has 0 spiro atoms. The molecule has 1 atom stereocenters. The summed E-state index contributed by atoms with van der Waals surface area (Å²) in [4.78, 5) is 7.32. The van der Waals surface area contributed by atoms with Crippen LogP contribution in [0.25, 0.3) is 0 Å². The van der Waals surface area contributed by atoms with E-state index in [2.05, 4.69) is 34.9 Å². The van der Waals surface area contributed by atoms with Crippen LogP contribution in [0.5, 0.6) is 0 Å². The molecule has 2 aliphatic rings. The summed E-state index contributed by atoms with van der Waals surface area (Å²) in [6, 6.07) is 0.561. The fraction of sp³-hybridized carbons (Fsp3) is 0.684. The van der Waals surface area contributed by atoms with Crippen LogP contribution in [0.1, 0.15) is 20.3 Å². The van der Waals surface area contributed by atoms with E-state index in [1.807, 2.05) is 26.0 Å². The zero-order valence-corrected chi connectivity index (χ0v) is 15.3. The van der Waals surface area contributed by atoms with E-state index in [4.69, 9.17) is 5.11 Å². The molecule has 4 nitrogen and oxygen atoms in total. The maximum absolute atomic E-state index is 9.00. The minimum absolute atomic E-state index is 0.267. The Morgan fingerprint density at radius 1 is 1.04 bits per heavy atom. The minimum atomic E-state index is 0.267. The van der Waals surface area contributed by atoms with Gasteiger partial charge in [-0.1, -0.05) is 39.2 Å². The topological polar surface area (TPSA) is 30.0 Å². The van der Waals surface area contributed by atoms with Gasteiger partial charge in [0, 0.05) is 51.9 Å². The van der Waals surface area contributed by atoms with Gasteiger partial charge in [-0.05, 0) is 24.6 Å². The molecule has 0 saturated carbocycles. The van der Waals surface area contributed by atoms with Gasteiger partial charge in [-0.2, -0.15) is 0 Å². The number of aliphatic hydroxyl groups is 1. The number of piperazine rings is 1. The van der Waals surface area contributed by atoms with E-state index in [0.717, 1.165) is 52.2 Å². The Labute approximate surface area is 142 Å². The Hall–Kier alpha value is -0.940. The van der Waals surface area contributed by atoms with Crippen molar-refractivity contribution in [1.82, 2.24) is 14.7 Å². The maximum Gasteiger partial charge on any atom is 0.0558 e. The average molecular weight is 322 g/mol. The molecule has 132 valence electrons. The minimum Gasteiger partial charge on any atom is -0.395 e. The number of hydrogen-bond acceptors (Lipinski definition) is 4. The normalized spacial score (nSPS) is 24.1. The Morgan fingerprint density at radius 2 is 1.61 bits per heavy atom. The molecule has 0 aromatic carbocycles. The summed E-state index contributed by atoms with van der Waals surface area (Å²) >= 11 is 0. The van der Waals surface area contributed by atoms with Gasteiger partial charge in [-0.25, -0.2) is 0 Å². The van der Waals surface area contributed by atoms with Crippen molar-refractivity contribution in [3.05, 3.63) is 36.5 Å².